The zero-order valence-electron chi connectivity index (χ0n) is 15.5. The van der Waals surface area contributed by atoms with Gasteiger partial charge < -0.3 is 14.7 Å². The van der Waals surface area contributed by atoms with E-state index < -0.39 is 11.4 Å². The van der Waals surface area contributed by atoms with Crippen molar-refractivity contribution in [3.63, 3.8) is 0 Å². The Bertz CT molecular complexity index is 628. The maximum absolute atomic E-state index is 12.8. The molecule has 0 aliphatic carbocycles. The van der Waals surface area contributed by atoms with Gasteiger partial charge in [-0.2, -0.15) is 0 Å². The summed E-state index contributed by atoms with van der Waals surface area (Å²) >= 11 is 0. The molecule has 1 heterocycles. The molecule has 0 radical (unpaired) electrons. The van der Waals surface area contributed by atoms with Crippen LogP contribution in [0.5, 0.6) is 0 Å². The van der Waals surface area contributed by atoms with Crippen LogP contribution >= 0.6 is 0 Å². The highest BCUT2D eigenvalue weighted by molar-refractivity contribution is 5.81. The first kappa shape index (κ1) is 19.4. The Hall–Kier alpha value is -1.88. The number of carboxylic acids is 1. The van der Waals surface area contributed by atoms with Crippen molar-refractivity contribution in [2.75, 3.05) is 26.8 Å². The average Bonchev–Trinajstić information content (AvgIpc) is 2.58. The maximum Gasteiger partial charge on any atom is 0.311 e. The van der Waals surface area contributed by atoms with Gasteiger partial charge in [0.1, 0.15) is 0 Å². The van der Waals surface area contributed by atoms with Crippen LogP contribution in [0.4, 0.5) is 0 Å². The number of nitrogens with zero attached hydrogens (tertiary/aromatic N) is 1. The molecule has 5 nitrogen and oxygen atoms in total. The van der Waals surface area contributed by atoms with Crippen LogP contribution in [0.15, 0.2) is 18.2 Å². The highest BCUT2D eigenvalue weighted by Gasteiger charge is 2.43. The fourth-order valence-corrected chi connectivity index (χ4v) is 3.65. The van der Waals surface area contributed by atoms with Gasteiger partial charge in [-0.1, -0.05) is 23.8 Å². The molecule has 138 valence electrons. The fourth-order valence-electron chi connectivity index (χ4n) is 3.65. The van der Waals surface area contributed by atoms with E-state index in [0.717, 1.165) is 23.1 Å². The van der Waals surface area contributed by atoms with Gasteiger partial charge in [0.25, 0.3) is 0 Å². The zero-order valence-corrected chi connectivity index (χ0v) is 15.5. The van der Waals surface area contributed by atoms with Crippen LogP contribution in [0, 0.1) is 19.3 Å². The molecule has 5 heteroatoms. The van der Waals surface area contributed by atoms with Crippen LogP contribution in [0.2, 0.25) is 0 Å². The number of aryl methyl sites for hydroxylation is 2. The molecule has 0 saturated carbocycles. The Labute approximate surface area is 150 Å². The zero-order chi connectivity index (χ0) is 18.4. The molecule has 1 unspecified atom stereocenters. The van der Waals surface area contributed by atoms with Crippen molar-refractivity contribution in [2.24, 2.45) is 5.41 Å². The lowest BCUT2D eigenvalue weighted by atomic mass is 9.76. The van der Waals surface area contributed by atoms with Gasteiger partial charge >= 0.3 is 5.97 Å². The average molecular weight is 347 g/mol. The molecule has 1 N–H and O–H groups in total. The normalized spacial score (nSPS) is 20.5. The maximum atomic E-state index is 12.8. The predicted molar refractivity (Wildman–Crippen MR) is 96.6 cm³/mol. The molecule has 0 spiro atoms. The number of likely N-dealkylation sites (tertiary alicyclic amines) is 1. The Morgan fingerprint density at radius 3 is 2.76 bits per heavy atom. The van der Waals surface area contributed by atoms with E-state index in [-0.39, 0.29) is 5.91 Å². The van der Waals surface area contributed by atoms with Crippen molar-refractivity contribution < 1.29 is 19.4 Å². The lowest BCUT2D eigenvalue weighted by molar-refractivity contribution is -0.155. The number of benzene rings is 1. The molecule has 0 aromatic heterocycles. The predicted octanol–water partition coefficient (Wildman–Crippen LogP) is 2.97. The summed E-state index contributed by atoms with van der Waals surface area (Å²) in [5, 5.41) is 9.78. The van der Waals surface area contributed by atoms with Crippen LogP contribution in [0.3, 0.4) is 0 Å². The lowest BCUT2D eigenvalue weighted by Gasteiger charge is -2.40. The van der Waals surface area contributed by atoms with Gasteiger partial charge in [0, 0.05) is 26.8 Å². The fraction of sp³-hybridized carbons (Fsp3) is 0.600. The van der Waals surface area contributed by atoms with Crippen molar-refractivity contribution >= 4 is 11.9 Å². The smallest absolute Gasteiger partial charge is 0.311 e. The monoisotopic (exact) mass is 347 g/mol. The third-order valence-corrected chi connectivity index (χ3v) is 5.23. The van der Waals surface area contributed by atoms with Gasteiger partial charge in [-0.3, -0.25) is 9.59 Å². The van der Waals surface area contributed by atoms with Crippen molar-refractivity contribution in [1.29, 1.82) is 0 Å². The molecular formula is C20H29NO4. The largest absolute Gasteiger partial charge is 0.481 e. The second kappa shape index (κ2) is 8.48. The van der Waals surface area contributed by atoms with Crippen LogP contribution < -0.4 is 0 Å². The van der Waals surface area contributed by atoms with Crippen LogP contribution in [-0.2, 0) is 20.7 Å². The molecule has 1 aliphatic rings. The van der Waals surface area contributed by atoms with E-state index in [9.17, 15) is 14.7 Å². The van der Waals surface area contributed by atoms with Crippen LogP contribution in [0.25, 0.3) is 0 Å². The summed E-state index contributed by atoms with van der Waals surface area (Å²) in [5.41, 5.74) is 2.41. The Morgan fingerprint density at radius 1 is 1.32 bits per heavy atom. The molecule has 1 aliphatic heterocycles. The second-order valence-electron chi connectivity index (χ2n) is 7.21. The topological polar surface area (TPSA) is 66.8 Å². The summed E-state index contributed by atoms with van der Waals surface area (Å²) < 4.78 is 5.06. The molecule has 1 atom stereocenters. The first-order valence-corrected chi connectivity index (χ1v) is 8.94. The van der Waals surface area contributed by atoms with Crippen molar-refractivity contribution in [3.8, 4) is 0 Å². The van der Waals surface area contributed by atoms with Gasteiger partial charge in [-0.15, -0.1) is 0 Å². The summed E-state index contributed by atoms with van der Waals surface area (Å²) in [4.78, 5) is 26.4. The highest BCUT2D eigenvalue weighted by Crippen LogP contribution is 2.35. The van der Waals surface area contributed by atoms with Crippen molar-refractivity contribution in [2.45, 2.75) is 46.0 Å². The molecule has 1 aromatic rings. The number of hydrogen-bond acceptors (Lipinski definition) is 3. The first-order valence-electron chi connectivity index (χ1n) is 8.94. The number of carboxylic acid groups (broad SMARTS) is 1. The van der Waals surface area contributed by atoms with E-state index in [0.29, 0.717) is 45.4 Å². The van der Waals surface area contributed by atoms with Gasteiger partial charge in [0.05, 0.1) is 11.8 Å². The number of piperidine rings is 1. The van der Waals surface area contributed by atoms with E-state index in [1.165, 1.54) is 0 Å². The third kappa shape index (κ3) is 4.82. The van der Waals surface area contributed by atoms with Crippen molar-refractivity contribution in [1.82, 2.24) is 4.90 Å². The number of aliphatic carboxylic acids is 1. The van der Waals surface area contributed by atoms with E-state index in [2.05, 4.69) is 0 Å². The molecule has 1 saturated heterocycles. The number of methoxy groups -OCH3 is 1. The molecule has 0 bridgehead atoms. The van der Waals surface area contributed by atoms with E-state index in [4.69, 9.17) is 4.74 Å². The lowest BCUT2D eigenvalue weighted by Crippen LogP contribution is -2.50. The number of hydrogen-bond donors (Lipinski definition) is 1. The summed E-state index contributed by atoms with van der Waals surface area (Å²) in [6, 6.07) is 6.11. The van der Waals surface area contributed by atoms with E-state index in [1.807, 2.05) is 32.0 Å². The summed E-state index contributed by atoms with van der Waals surface area (Å²) in [7, 11) is 1.62. The molecule has 2 rings (SSSR count). The summed E-state index contributed by atoms with van der Waals surface area (Å²) in [6.45, 7) is 5.51. The third-order valence-electron chi connectivity index (χ3n) is 5.23. The van der Waals surface area contributed by atoms with Crippen LogP contribution in [-0.4, -0.2) is 48.7 Å². The molecule has 1 amide bonds. The number of ether oxygens (including phenoxy) is 1. The second-order valence-corrected chi connectivity index (χ2v) is 7.21. The summed E-state index contributed by atoms with van der Waals surface area (Å²) in [6.07, 6.45) is 2.93. The Morgan fingerprint density at radius 2 is 2.08 bits per heavy atom. The van der Waals surface area contributed by atoms with Crippen molar-refractivity contribution in [3.05, 3.63) is 34.9 Å². The molecule has 1 fully saturated rings. The summed E-state index contributed by atoms with van der Waals surface area (Å²) in [5.74, 6) is -0.779. The number of amides is 1. The minimum absolute atomic E-state index is 0.0192. The molecule has 25 heavy (non-hydrogen) atoms. The Kier molecular flexibility index (Phi) is 6.59. The van der Waals surface area contributed by atoms with Gasteiger partial charge in [-0.25, -0.2) is 0 Å². The SMILES string of the molecule is COCCCC1(C(=O)O)CCCN(C(=O)Cc2cc(C)ccc2C)C1. The first-order chi connectivity index (χ1) is 11.9. The van der Waals surface area contributed by atoms with Crippen LogP contribution in [0.1, 0.15) is 42.4 Å². The number of carbonyl (C=O) groups is 2. The number of rotatable bonds is 7. The molecule has 1 aromatic carbocycles. The van der Waals surface area contributed by atoms with Gasteiger partial charge in [-0.05, 0) is 50.7 Å². The standard InChI is InChI=1S/C20H29NO4/c1-15-6-7-16(2)17(12-15)13-18(22)21-10-4-8-20(14-21,19(23)24)9-5-11-25-3/h6-7,12H,4-5,8-11,13-14H2,1-3H3,(H,23,24). The minimum Gasteiger partial charge on any atom is -0.481 e. The Balaban J connectivity index is 2.09. The molecular weight excluding hydrogens is 318 g/mol. The minimum atomic E-state index is -0.839. The van der Waals surface area contributed by atoms with Gasteiger partial charge in [0.2, 0.25) is 5.91 Å². The van der Waals surface area contributed by atoms with E-state index >= 15 is 0 Å². The highest BCUT2D eigenvalue weighted by atomic mass is 16.5. The quantitative estimate of drug-likeness (QED) is 0.770. The number of carbonyl (C=O) groups excluding carboxylic acids is 1. The van der Waals surface area contributed by atoms with E-state index in [1.54, 1.807) is 12.0 Å². The van der Waals surface area contributed by atoms with Gasteiger partial charge in [0.15, 0.2) is 0 Å².